The first kappa shape index (κ1) is 38.6. The number of allylic oxidation sites excluding steroid dienone is 8. The van der Waals surface area contributed by atoms with Crippen molar-refractivity contribution in [1.29, 1.82) is 0 Å². The van der Waals surface area contributed by atoms with Crippen LogP contribution in [0.25, 0.3) is 0 Å². The number of hydrogen-bond donors (Lipinski definition) is 2. The van der Waals surface area contributed by atoms with Crippen LogP contribution in [0, 0.1) is 17.3 Å². The van der Waals surface area contributed by atoms with Gasteiger partial charge in [-0.15, -0.1) is 11.3 Å². The molecular formula is C42H62N4O2S. The Morgan fingerprint density at radius 2 is 1.88 bits per heavy atom. The van der Waals surface area contributed by atoms with Gasteiger partial charge in [-0.3, -0.25) is 10.0 Å². The van der Waals surface area contributed by atoms with Gasteiger partial charge in [-0.25, -0.2) is 10.5 Å². The lowest BCUT2D eigenvalue weighted by atomic mass is 9.76. The summed E-state index contributed by atoms with van der Waals surface area (Å²) in [5, 5.41) is 12.9. The Bertz CT molecular complexity index is 1470. The number of aromatic nitrogens is 1. The van der Waals surface area contributed by atoms with Crippen molar-refractivity contribution in [1.82, 2.24) is 20.3 Å². The van der Waals surface area contributed by atoms with E-state index in [0.29, 0.717) is 18.0 Å². The predicted octanol–water partition coefficient (Wildman–Crippen LogP) is 11.0. The van der Waals surface area contributed by atoms with Crippen molar-refractivity contribution in [2.24, 2.45) is 17.3 Å². The minimum Gasteiger partial charge on any atom is -0.366 e. The molecule has 3 atom stereocenters. The SMILES string of the molecule is C=C(N(CC)C(CCC)c1nccs1)C(C)(CC)CN1C2=CC(C=CC(C(=O)NO)=C2)C(C2CCCCCC2)=C1/C(C)=C/C=C(CC)CC. The summed E-state index contributed by atoms with van der Waals surface area (Å²) in [4.78, 5) is 22.7. The Morgan fingerprint density at radius 1 is 1.16 bits per heavy atom. The van der Waals surface area contributed by atoms with Crippen molar-refractivity contribution in [3.63, 3.8) is 0 Å². The molecular weight excluding hydrogens is 625 g/mol. The van der Waals surface area contributed by atoms with Crippen LogP contribution in [-0.2, 0) is 4.79 Å². The van der Waals surface area contributed by atoms with E-state index in [9.17, 15) is 10.0 Å². The van der Waals surface area contributed by atoms with E-state index in [1.165, 1.54) is 60.9 Å². The first-order valence-corrected chi connectivity index (χ1v) is 19.8. The van der Waals surface area contributed by atoms with Crippen LogP contribution in [0.2, 0.25) is 0 Å². The Labute approximate surface area is 301 Å². The van der Waals surface area contributed by atoms with Gasteiger partial charge in [0.05, 0.1) is 6.04 Å². The molecule has 0 radical (unpaired) electrons. The highest BCUT2D eigenvalue weighted by Gasteiger charge is 2.40. The van der Waals surface area contributed by atoms with E-state index in [0.717, 1.165) is 55.1 Å². The fourth-order valence-electron chi connectivity index (χ4n) is 7.97. The zero-order valence-electron chi connectivity index (χ0n) is 31.4. The van der Waals surface area contributed by atoms with Crippen LogP contribution in [0.1, 0.15) is 130 Å². The third kappa shape index (κ3) is 8.96. The summed E-state index contributed by atoms with van der Waals surface area (Å²) in [6.45, 7) is 22.3. The van der Waals surface area contributed by atoms with Crippen LogP contribution in [0.15, 0.2) is 94.0 Å². The van der Waals surface area contributed by atoms with Gasteiger partial charge in [0.15, 0.2) is 0 Å². The molecule has 4 rings (SSSR count). The van der Waals surface area contributed by atoms with Gasteiger partial charge >= 0.3 is 0 Å². The third-order valence-electron chi connectivity index (χ3n) is 11.2. The van der Waals surface area contributed by atoms with Crippen LogP contribution >= 0.6 is 11.3 Å². The van der Waals surface area contributed by atoms with Gasteiger partial charge in [0, 0.05) is 58.7 Å². The van der Waals surface area contributed by atoms with E-state index in [2.05, 4.69) is 88.0 Å². The largest absolute Gasteiger partial charge is 0.366 e. The second kappa shape index (κ2) is 18.2. The minimum atomic E-state index is -0.487. The van der Waals surface area contributed by atoms with Crippen LogP contribution in [0.4, 0.5) is 0 Å². The molecule has 2 heterocycles. The highest BCUT2D eigenvalue weighted by atomic mass is 32.1. The number of fused-ring (bicyclic) bond motifs is 1. The molecule has 49 heavy (non-hydrogen) atoms. The molecule has 1 aliphatic heterocycles. The fraction of sp³-hybridized carbons (Fsp3) is 0.571. The zero-order valence-corrected chi connectivity index (χ0v) is 32.2. The molecule has 0 spiro atoms. The summed E-state index contributed by atoms with van der Waals surface area (Å²) in [6.07, 6.45) is 27.5. The average Bonchev–Trinajstić information content (AvgIpc) is 3.41. The molecule has 1 fully saturated rings. The maximum atomic E-state index is 12.9. The van der Waals surface area contributed by atoms with E-state index in [1.807, 2.05) is 23.8 Å². The van der Waals surface area contributed by atoms with Crippen LogP contribution < -0.4 is 5.48 Å². The maximum absolute atomic E-state index is 12.9. The Morgan fingerprint density at radius 3 is 2.45 bits per heavy atom. The molecule has 3 aliphatic rings. The van der Waals surface area contributed by atoms with Crippen molar-refractivity contribution in [2.75, 3.05) is 13.1 Å². The van der Waals surface area contributed by atoms with Crippen LogP contribution in [0.5, 0.6) is 0 Å². The molecule has 2 aliphatic carbocycles. The molecule has 6 nitrogen and oxygen atoms in total. The number of rotatable bonds is 16. The number of hydroxylamine groups is 1. The standard InChI is InChI=1S/C42H62N4O2S/c1-9-18-37(41-43-25-26-49-41)45(13-5)31(7)42(8,12-4)29-46-36-27-34(23-24-35(28-36)40(47)44-48)38(33-19-16-14-15-17-20-33)39(46)30(6)21-22-32(10-2)11-3/h21-28,33-34,37,48H,7,9-20,29H2,1-6,8H3,(H,44,47)/b30-21+. The maximum Gasteiger partial charge on any atom is 0.274 e. The lowest BCUT2D eigenvalue weighted by molar-refractivity contribution is -0.124. The molecule has 1 amide bonds. The molecule has 2 bridgehead atoms. The monoisotopic (exact) mass is 686 g/mol. The van der Waals surface area contributed by atoms with Crippen molar-refractivity contribution in [2.45, 2.75) is 125 Å². The number of hydrogen-bond acceptors (Lipinski definition) is 6. The molecule has 1 aromatic rings. The highest BCUT2D eigenvalue weighted by molar-refractivity contribution is 7.09. The molecule has 7 heteroatoms. The van der Waals surface area contributed by atoms with Crippen LogP contribution in [-0.4, -0.2) is 39.0 Å². The lowest BCUT2D eigenvalue weighted by Crippen LogP contribution is -2.44. The number of thiazole rings is 1. The Hall–Kier alpha value is -3.16. The van der Waals surface area contributed by atoms with Crippen molar-refractivity contribution in [3.8, 4) is 0 Å². The van der Waals surface area contributed by atoms with Crippen LogP contribution in [0.3, 0.4) is 0 Å². The van der Waals surface area contributed by atoms with E-state index < -0.39 is 5.91 Å². The topological polar surface area (TPSA) is 68.7 Å². The van der Waals surface area contributed by atoms with Crippen molar-refractivity contribution < 1.29 is 10.0 Å². The molecule has 268 valence electrons. The highest BCUT2D eigenvalue weighted by Crippen LogP contribution is 2.47. The summed E-state index contributed by atoms with van der Waals surface area (Å²) in [5.74, 6) is 0.0568. The second-order valence-corrected chi connectivity index (χ2v) is 15.2. The quantitative estimate of drug-likeness (QED) is 0.0784. The van der Waals surface area contributed by atoms with E-state index >= 15 is 0 Å². The summed E-state index contributed by atoms with van der Waals surface area (Å²) in [6, 6.07) is 0.185. The third-order valence-corrected chi connectivity index (χ3v) is 12.1. The molecule has 1 saturated carbocycles. The zero-order chi connectivity index (χ0) is 35.6. The molecule has 3 unspecified atom stereocenters. The summed E-state index contributed by atoms with van der Waals surface area (Å²) in [5.41, 5.74) is 9.67. The van der Waals surface area contributed by atoms with E-state index in [-0.39, 0.29) is 17.4 Å². The Kier molecular flexibility index (Phi) is 14.3. The summed E-state index contributed by atoms with van der Waals surface area (Å²) in [7, 11) is 0. The van der Waals surface area contributed by atoms with E-state index in [4.69, 9.17) is 11.6 Å². The molecule has 0 saturated heterocycles. The normalized spacial score (nSPS) is 20.4. The first-order chi connectivity index (χ1) is 23.7. The average molecular weight is 687 g/mol. The molecule has 2 N–H and O–H groups in total. The van der Waals surface area contributed by atoms with Gasteiger partial charge in [0.2, 0.25) is 0 Å². The van der Waals surface area contributed by atoms with Gasteiger partial charge in [0.25, 0.3) is 5.91 Å². The molecule has 0 aromatic carbocycles. The van der Waals surface area contributed by atoms with E-state index in [1.54, 1.807) is 11.3 Å². The smallest absolute Gasteiger partial charge is 0.274 e. The number of amides is 1. The number of carbonyl (C=O) groups excluding carboxylic acids is 1. The van der Waals surface area contributed by atoms with Gasteiger partial charge in [0.1, 0.15) is 5.01 Å². The van der Waals surface area contributed by atoms with Gasteiger partial charge in [-0.2, -0.15) is 0 Å². The predicted molar refractivity (Wildman–Crippen MR) is 206 cm³/mol. The Balaban J connectivity index is 1.92. The number of carbonyl (C=O) groups is 1. The van der Waals surface area contributed by atoms with Crippen molar-refractivity contribution >= 4 is 17.2 Å². The second-order valence-electron chi connectivity index (χ2n) is 14.3. The van der Waals surface area contributed by atoms with Gasteiger partial charge in [-0.05, 0) is 81.6 Å². The number of nitrogens with one attached hydrogen (secondary N) is 1. The van der Waals surface area contributed by atoms with Gasteiger partial charge < -0.3 is 9.80 Å². The summed E-state index contributed by atoms with van der Waals surface area (Å²) < 4.78 is 0. The minimum absolute atomic E-state index is 0.0794. The first-order valence-electron chi connectivity index (χ1n) is 19.0. The van der Waals surface area contributed by atoms with Gasteiger partial charge in [-0.1, -0.05) is 103 Å². The lowest BCUT2D eigenvalue weighted by Gasteiger charge is -2.47. The summed E-state index contributed by atoms with van der Waals surface area (Å²) >= 11 is 1.73. The molecule has 1 aromatic heterocycles. The fourth-order valence-corrected chi connectivity index (χ4v) is 8.76. The number of nitrogens with zero attached hydrogens (tertiary/aromatic N) is 3. The van der Waals surface area contributed by atoms with Crippen molar-refractivity contribution in [3.05, 3.63) is 99.0 Å².